The molecule has 1 aliphatic rings. The molecule has 0 aliphatic carbocycles. The highest BCUT2D eigenvalue weighted by Crippen LogP contribution is 2.27. The maximum atomic E-state index is 12.1. The maximum Gasteiger partial charge on any atom is 0.226 e. The molecule has 100 valence electrons. The predicted octanol–water partition coefficient (Wildman–Crippen LogP) is 2.88. The Balaban J connectivity index is 2.30. The van der Waals surface area contributed by atoms with Crippen LogP contribution in [0.15, 0.2) is 29.3 Å². The largest absolute Gasteiger partial charge is 0.308 e. The van der Waals surface area contributed by atoms with Crippen LogP contribution in [0.25, 0.3) is 0 Å². The number of rotatable bonds is 1. The molecule has 1 amide bonds. The molecular weight excluding hydrogens is 264 g/mol. The average Bonchev–Trinajstić information content (AvgIpc) is 2.38. The van der Waals surface area contributed by atoms with E-state index in [1.54, 1.807) is 24.3 Å². The summed E-state index contributed by atoms with van der Waals surface area (Å²) in [6, 6.07) is 6.78. The molecule has 1 fully saturated rings. The number of amidine groups is 1. The molecule has 2 rings (SSSR count). The summed E-state index contributed by atoms with van der Waals surface area (Å²) in [4.78, 5) is 28.0. The summed E-state index contributed by atoms with van der Waals surface area (Å²) in [7, 11) is 0. The Labute approximate surface area is 116 Å². The molecule has 0 spiro atoms. The van der Waals surface area contributed by atoms with E-state index in [-0.39, 0.29) is 22.9 Å². The molecule has 1 heterocycles. The summed E-state index contributed by atoms with van der Waals surface area (Å²) in [6.07, 6.45) is 0.622. The average molecular weight is 279 g/mol. The fraction of sp³-hybridized carbons (Fsp3) is 0.357. The van der Waals surface area contributed by atoms with Crippen molar-refractivity contribution in [2.75, 3.05) is 0 Å². The Bertz CT molecular complexity index is 547. The minimum Gasteiger partial charge on any atom is -0.308 e. The summed E-state index contributed by atoms with van der Waals surface area (Å²) in [5.41, 5.74) is 0.256. The number of amides is 1. The lowest BCUT2D eigenvalue weighted by Gasteiger charge is -2.18. The number of hydrogen-bond acceptors (Lipinski definition) is 3. The van der Waals surface area contributed by atoms with Crippen molar-refractivity contribution in [2.24, 2.45) is 10.4 Å². The lowest BCUT2D eigenvalue weighted by molar-refractivity contribution is -0.121. The smallest absolute Gasteiger partial charge is 0.226 e. The van der Waals surface area contributed by atoms with Crippen LogP contribution >= 0.6 is 11.6 Å². The van der Waals surface area contributed by atoms with E-state index in [1.165, 1.54) is 0 Å². The van der Waals surface area contributed by atoms with Gasteiger partial charge in [0.15, 0.2) is 11.6 Å². The first-order valence-electron chi connectivity index (χ1n) is 6.03. The van der Waals surface area contributed by atoms with Crippen molar-refractivity contribution in [3.05, 3.63) is 29.3 Å². The van der Waals surface area contributed by atoms with Gasteiger partial charge in [-0.15, -0.1) is 0 Å². The Morgan fingerprint density at radius 2 is 1.79 bits per heavy atom. The monoisotopic (exact) mass is 278 g/mol. The van der Waals surface area contributed by atoms with Gasteiger partial charge in [0.2, 0.25) is 5.91 Å². The van der Waals surface area contributed by atoms with E-state index in [0.29, 0.717) is 23.6 Å². The van der Waals surface area contributed by atoms with E-state index in [2.05, 4.69) is 10.3 Å². The Hall–Kier alpha value is -1.68. The first-order valence-corrected chi connectivity index (χ1v) is 6.41. The predicted molar refractivity (Wildman–Crippen MR) is 74.7 cm³/mol. The molecule has 1 aliphatic heterocycles. The first-order chi connectivity index (χ1) is 8.85. The molecule has 1 aromatic carbocycles. The van der Waals surface area contributed by atoms with Crippen LogP contribution in [0.4, 0.5) is 5.69 Å². The quantitative estimate of drug-likeness (QED) is 0.859. The molecular formula is C14H15ClN2O2. The van der Waals surface area contributed by atoms with Gasteiger partial charge < -0.3 is 5.32 Å². The highest BCUT2D eigenvalue weighted by atomic mass is 35.5. The van der Waals surface area contributed by atoms with Crippen molar-refractivity contribution in [2.45, 2.75) is 26.7 Å². The molecule has 1 aromatic rings. The Morgan fingerprint density at radius 3 is 2.42 bits per heavy atom. The molecule has 0 saturated carbocycles. The second kappa shape index (κ2) is 5.13. The van der Waals surface area contributed by atoms with Gasteiger partial charge in [-0.1, -0.05) is 25.4 Å². The van der Waals surface area contributed by atoms with Gasteiger partial charge in [0.25, 0.3) is 0 Å². The standard InChI is InChI=1S/C14H15ClN2O2/c1-14(2)7-11(18)13(17-12(19)8-14)16-10-5-3-9(15)4-6-10/h3-6H,7-8H2,1-2H3,(H,16,17,19). The van der Waals surface area contributed by atoms with Gasteiger partial charge in [-0.3, -0.25) is 9.59 Å². The molecule has 0 unspecified atom stereocenters. The van der Waals surface area contributed by atoms with Crippen molar-refractivity contribution in [3.63, 3.8) is 0 Å². The van der Waals surface area contributed by atoms with Gasteiger partial charge in [-0.2, -0.15) is 0 Å². The van der Waals surface area contributed by atoms with Gasteiger partial charge >= 0.3 is 0 Å². The van der Waals surface area contributed by atoms with Crippen LogP contribution in [0.5, 0.6) is 0 Å². The zero-order chi connectivity index (χ0) is 14.0. The summed E-state index contributed by atoms with van der Waals surface area (Å²) in [5, 5.41) is 3.17. The molecule has 0 radical (unpaired) electrons. The summed E-state index contributed by atoms with van der Waals surface area (Å²) < 4.78 is 0. The second-order valence-electron chi connectivity index (χ2n) is 5.43. The van der Waals surface area contributed by atoms with Crippen LogP contribution in [0.1, 0.15) is 26.7 Å². The van der Waals surface area contributed by atoms with E-state index in [0.717, 1.165) is 0 Å². The van der Waals surface area contributed by atoms with Gasteiger partial charge in [0.1, 0.15) is 0 Å². The number of Topliss-reactive ketones (excluding diaryl/α,β-unsaturated/α-hetero) is 1. The number of hydrogen-bond donors (Lipinski definition) is 1. The van der Waals surface area contributed by atoms with Crippen LogP contribution in [0, 0.1) is 5.41 Å². The Kier molecular flexibility index (Phi) is 3.71. The third-order valence-corrected chi connectivity index (χ3v) is 3.12. The maximum absolute atomic E-state index is 12.1. The van der Waals surface area contributed by atoms with Crippen LogP contribution < -0.4 is 5.32 Å². The molecule has 0 atom stereocenters. The summed E-state index contributed by atoms with van der Waals surface area (Å²) in [6.45, 7) is 3.80. The minimum atomic E-state index is -0.335. The number of halogens is 1. The van der Waals surface area contributed by atoms with Gasteiger partial charge in [-0.05, 0) is 29.7 Å². The van der Waals surface area contributed by atoms with Crippen molar-refractivity contribution in [1.82, 2.24) is 5.32 Å². The Morgan fingerprint density at radius 1 is 1.16 bits per heavy atom. The summed E-state index contributed by atoms with van der Waals surface area (Å²) >= 11 is 5.78. The third-order valence-electron chi connectivity index (χ3n) is 2.87. The van der Waals surface area contributed by atoms with E-state index in [4.69, 9.17) is 11.6 Å². The highest BCUT2D eigenvalue weighted by molar-refractivity contribution is 6.42. The molecule has 4 nitrogen and oxygen atoms in total. The van der Waals surface area contributed by atoms with Crippen molar-refractivity contribution in [1.29, 1.82) is 0 Å². The van der Waals surface area contributed by atoms with Crippen molar-refractivity contribution < 1.29 is 9.59 Å². The number of nitrogens with zero attached hydrogens (tertiary/aromatic N) is 1. The van der Waals surface area contributed by atoms with E-state index < -0.39 is 0 Å². The van der Waals surface area contributed by atoms with E-state index >= 15 is 0 Å². The fourth-order valence-electron chi connectivity index (χ4n) is 2.00. The molecule has 1 N–H and O–H groups in total. The topological polar surface area (TPSA) is 58.5 Å². The summed E-state index contributed by atoms with van der Waals surface area (Å²) in [5.74, 6) is -0.215. The van der Waals surface area contributed by atoms with Crippen LogP contribution in [0.2, 0.25) is 5.02 Å². The van der Waals surface area contributed by atoms with Crippen molar-refractivity contribution >= 4 is 34.8 Å². The first kappa shape index (κ1) is 13.7. The van der Waals surface area contributed by atoms with Gasteiger partial charge in [0, 0.05) is 17.9 Å². The molecule has 0 aromatic heterocycles. The fourth-order valence-corrected chi connectivity index (χ4v) is 2.12. The minimum absolute atomic E-state index is 0.109. The zero-order valence-corrected chi connectivity index (χ0v) is 11.6. The van der Waals surface area contributed by atoms with E-state index in [1.807, 2.05) is 13.8 Å². The lowest BCUT2D eigenvalue weighted by Crippen LogP contribution is -2.33. The van der Waals surface area contributed by atoms with Crippen molar-refractivity contribution in [3.8, 4) is 0 Å². The number of benzene rings is 1. The third kappa shape index (κ3) is 3.64. The van der Waals surface area contributed by atoms with Crippen LogP contribution in [0.3, 0.4) is 0 Å². The number of ketones is 1. The number of nitrogens with one attached hydrogen (secondary N) is 1. The number of carbonyl (C=O) groups is 2. The highest BCUT2D eigenvalue weighted by Gasteiger charge is 2.32. The van der Waals surface area contributed by atoms with Crippen LogP contribution in [-0.4, -0.2) is 17.5 Å². The molecule has 1 saturated heterocycles. The van der Waals surface area contributed by atoms with Gasteiger partial charge in [0.05, 0.1) is 5.69 Å². The normalized spacial score (nSPS) is 21.1. The molecule has 0 bridgehead atoms. The number of carbonyl (C=O) groups excluding carboxylic acids is 2. The molecule has 19 heavy (non-hydrogen) atoms. The van der Waals surface area contributed by atoms with E-state index in [9.17, 15) is 9.59 Å². The SMILES string of the molecule is CC1(C)CC(=O)NC(=Nc2ccc(Cl)cc2)C(=O)C1. The molecule has 5 heteroatoms. The number of aliphatic imine (C=N–C) groups is 1. The lowest BCUT2D eigenvalue weighted by atomic mass is 9.85. The van der Waals surface area contributed by atoms with Crippen LogP contribution in [-0.2, 0) is 9.59 Å². The zero-order valence-electron chi connectivity index (χ0n) is 10.9. The second-order valence-corrected chi connectivity index (χ2v) is 5.86. The van der Waals surface area contributed by atoms with Gasteiger partial charge in [-0.25, -0.2) is 4.99 Å².